The smallest absolute Gasteiger partial charge is 0.253 e. The molecule has 0 saturated carbocycles. The highest BCUT2D eigenvalue weighted by Crippen LogP contribution is 2.26. The lowest BCUT2D eigenvalue weighted by atomic mass is 9.95. The van der Waals surface area contributed by atoms with Crippen LogP contribution in [0.25, 0.3) is 0 Å². The van der Waals surface area contributed by atoms with Gasteiger partial charge in [0.15, 0.2) is 0 Å². The van der Waals surface area contributed by atoms with Gasteiger partial charge < -0.3 is 0 Å². The van der Waals surface area contributed by atoms with Gasteiger partial charge >= 0.3 is 0 Å². The van der Waals surface area contributed by atoms with E-state index >= 15 is 0 Å². The summed E-state index contributed by atoms with van der Waals surface area (Å²) in [4.78, 5) is 14.7. The zero-order chi connectivity index (χ0) is 19.0. The standard InChI is InChI=1S/C20H18F3N3O/c21-15-3-1-13(2-4-15)11-26-20(27)18-12-25(6-5-19(18)24-26)10-14-7-16(22)9-17(23)8-14/h1-4,7-9,18H,5-6,10-12H2. The fourth-order valence-electron chi connectivity index (χ4n) is 3.61. The molecule has 2 aromatic carbocycles. The molecule has 27 heavy (non-hydrogen) atoms. The fourth-order valence-corrected chi connectivity index (χ4v) is 3.61. The molecule has 0 aliphatic carbocycles. The highest BCUT2D eigenvalue weighted by atomic mass is 19.1. The molecule has 2 aliphatic heterocycles. The van der Waals surface area contributed by atoms with Crippen molar-refractivity contribution in [3.63, 3.8) is 0 Å². The molecule has 0 bridgehead atoms. The molecule has 1 amide bonds. The molecule has 2 heterocycles. The van der Waals surface area contributed by atoms with E-state index < -0.39 is 11.6 Å². The van der Waals surface area contributed by atoms with E-state index in [0.717, 1.165) is 17.3 Å². The first-order valence-corrected chi connectivity index (χ1v) is 8.78. The molecule has 4 rings (SSSR count). The predicted octanol–water partition coefficient (Wildman–Crippen LogP) is 3.32. The van der Waals surface area contributed by atoms with Crippen molar-refractivity contribution in [2.24, 2.45) is 11.0 Å². The van der Waals surface area contributed by atoms with Crippen LogP contribution in [-0.4, -0.2) is 34.6 Å². The average Bonchev–Trinajstić information content (AvgIpc) is 2.92. The number of carbonyl (C=O) groups is 1. The number of rotatable bonds is 4. The number of fused-ring (bicyclic) bond motifs is 1. The van der Waals surface area contributed by atoms with Gasteiger partial charge in [0.25, 0.3) is 5.91 Å². The predicted molar refractivity (Wildman–Crippen MR) is 94.1 cm³/mol. The Balaban J connectivity index is 1.42. The van der Waals surface area contributed by atoms with Crippen LogP contribution in [0.2, 0.25) is 0 Å². The van der Waals surface area contributed by atoms with Gasteiger partial charge in [-0.05, 0) is 35.4 Å². The second-order valence-corrected chi connectivity index (χ2v) is 6.93. The quantitative estimate of drug-likeness (QED) is 0.824. The fraction of sp³-hybridized carbons (Fsp3) is 0.300. The molecule has 0 radical (unpaired) electrons. The van der Waals surface area contributed by atoms with Crippen LogP contribution in [0.5, 0.6) is 0 Å². The van der Waals surface area contributed by atoms with E-state index in [1.165, 1.54) is 29.3 Å². The summed E-state index contributed by atoms with van der Waals surface area (Å²) in [5.41, 5.74) is 2.19. The van der Waals surface area contributed by atoms with Gasteiger partial charge in [-0.1, -0.05) is 12.1 Å². The van der Waals surface area contributed by atoms with Crippen LogP contribution < -0.4 is 0 Å². The lowest BCUT2D eigenvalue weighted by molar-refractivity contribution is -0.133. The van der Waals surface area contributed by atoms with Gasteiger partial charge in [-0.25, -0.2) is 18.2 Å². The van der Waals surface area contributed by atoms with Crippen LogP contribution >= 0.6 is 0 Å². The van der Waals surface area contributed by atoms with Gasteiger partial charge in [-0.2, -0.15) is 5.10 Å². The topological polar surface area (TPSA) is 35.9 Å². The number of halogens is 3. The van der Waals surface area contributed by atoms with Crippen molar-refractivity contribution in [2.75, 3.05) is 13.1 Å². The molecule has 4 nitrogen and oxygen atoms in total. The van der Waals surface area contributed by atoms with Gasteiger partial charge in [0.2, 0.25) is 0 Å². The SMILES string of the molecule is O=C1C2CN(Cc3cc(F)cc(F)c3)CCC2=NN1Cc1ccc(F)cc1. The number of hydrogen-bond acceptors (Lipinski definition) is 3. The Morgan fingerprint density at radius 1 is 0.926 bits per heavy atom. The number of hydrogen-bond donors (Lipinski definition) is 0. The molecule has 1 fully saturated rings. The van der Waals surface area contributed by atoms with Crippen molar-refractivity contribution in [3.05, 3.63) is 71.0 Å². The van der Waals surface area contributed by atoms with Gasteiger partial charge in [0.1, 0.15) is 17.5 Å². The third-order valence-electron chi connectivity index (χ3n) is 4.90. The summed E-state index contributed by atoms with van der Waals surface area (Å²) in [6, 6.07) is 9.45. The Bertz CT molecular complexity index is 878. The van der Waals surface area contributed by atoms with Crippen LogP contribution in [0, 0.1) is 23.4 Å². The largest absolute Gasteiger partial charge is 0.298 e. The van der Waals surface area contributed by atoms with Crippen molar-refractivity contribution in [2.45, 2.75) is 19.5 Å². The van der Waals surface area contributed by atoms with Crippen LogP contribution in [0.4, 0.5) is 13.2 Å². The Labute approximate surface area is 154 Å². The van der Waals surface area contributed by atoms with E-state index in [-0.39, 0.29) is 17.6 Å². The van der Waals surface area contributed by atoms with Crippen molar-refractivity contribution >= 4 is 11.6 Å². The molecule has 0 N–H and O–H groups in total. The summed E-state index contributed by atoms with van der Waals surface area (Å²) in [5, 5.41) is 5.87. The highest BCUT2D eigenvalue weighted by Gasteiger charge is 2.39. The molecule has 1 atom stereocenters. The van der Waals surface area contributed by atoms with Crippen molar-refractivity contribution < 1.29 is 18.0 Å². The van der Waals surface area contributed by atoms with Crippen LogP contribution in [0.3, 0.4) is 0 Å². The number of likely N-dealkylation sites (tertiary alicyclic amines) is 1. The molecule has 140 valence electrons. The average molecular weight is 373 g/mol. The second kappa shape index (κ2) is 7.15. The summed E-state index contributed by atoms with van der Waals surface area (Å²) in [5.74, 6) is -1.96. The maximum absolute atomic E-state index is 13.4. The molecule has 2 aliphatic rings. The minimum absolute atomic E-state index is 0.0931. The number of hydrazone groups is 1. The Hall–Kier alpha value is -2.67. The van der Waals surface area contributed by atoms with E-state index in [2.05, 4.69) is 5.10 Å². The van der Waals surface area contributed by atoms with E-state index in [1.54, 1.807) is 12.1 Å². The zero-order valence-electron chi connectivity index (χ0n) is 14.5. The monoisotopic (exact) mass is 373 g/mol. The molecule has 0 spiro atoms. The van der Waals surface area contributed by atoms with Crippen molar-refractivity contribution in [3.8, 4) is 0 Å². The molecule has 1 saturated heterocycles. The normalized spacial score (nSPS) is 20.0. The summed E-state index contributed by atoms with van der Waals surface area (Å²) < 4.78 is 39.8. The van der Waals surface area contributed by atoms with Crippen LogP contribution in [0.15, 0.2) is 47.6 Å². The molecule has 0 aromatic heterocycles. The first-order valence-electron chi connectivity index (χ1n) is 8.78. The summed E-state index contributed by atoms with van der Waals surface area (Å²) in [7, 11) is 0. The van der Waals surface area contributed by atoms with Gasteiger partial charge in [-0.15, -0.1) is 0 Å². The van der Waals surface area contributed by atoms with Gasteiger partial charge in [0.05, 0.1) is 18.2 Å². The Morgan fingerprint density at radius 3 is 2.33 bits per heavy atom. The van der Waals surface area contributed by atoms with E-state index in [0.29, 0.717) is 38.2 Å². The number of amides is 1. The Kier molecular flexibility index (Phi) is 4.70. The lowest BCUT2D eigenvalue weighted by Gasteiger charge is -2.30. The summed E-state index contributed by atoms with van der Waals surface area (Å²) in [6.07, 6.45) is 0.633. The summed E-state index contributed by atoms with van der Waals surface area (Å²) >= 11 is 0. The zero-order valence-corrected chi connectivity index (χ0v) is 14.5. The van der Waals surface area contributed by atoms with Gasteiger partial charge in [-0.3, -0.25) is 9.69 Å². The number of piperidine rings is 1. The van der Waals surface area contributed by atoms with E-state index in [1.807, 2.05) is 4.90 Å². The first kappa shape index (κ1) is 17.7. The minimum atomic E-state index is -0.605. The second-order valence-electron chi connectivity index (χ2n) is 6.93. The third kappa shape index (κ3) is 3.88. The maximum atomic E-state index is 13.4. The first-order chi connectivity index (χ1) is 13.0. The molecular weight excluding hydrogens is 355 g/mol. The van der Waals surface area contributed by atoms with Crippen LogP contribution in [-0.2, 0) is 17.9 Å². The molecule has 1 unspecified atom stereocenters. The number of nitrogens with zero attached hydrogens (tertiary/aromatic N) is 3. The van der Waals surface area contributed by atoms with E-state index in [9.17, 15) is 18.0 Å². The minimum Gasteiger partial charge on any atom is -0.298 e. The maximum Gasteiger partial charge on any atom is 0.253 e. The third-order valence-corrected chi connectivity index (χ3v) is 4.90. The summed E-state index contributed by atoms with van der Waals surface area (Å²) in [6.45, 7) is 1.82. The van der Waals surface area contributed by atoms with Crippen LogP contribution in [0.1, 0.15) is 17.5 Å². The molecule has 2 aromatic rings. The van der Waals surface area contributed by atoms with Crippen molar-refractivity contribution in [1.29, 1.82) is 0 Å². The van der Waals surface area contributed by atoms with E-state index in [4.69, 9.17) is 0 Å². The van der Waals surface area contributed by atoms with Crippen molar-refractivity contribution in [1.82, 2.24) is 9.91 Å². The lowest BCUT2D eigenvalue weighted by Crippen LogP contribution is -2.43. The number of carbonyl (C=O) groups excluding carboxylic acids is 1. The molecular formula is C20H18F3N3O. The Morgan fingerprint density at radius 2 is 1.63 bits per heavy atom. The number of benzene rings is 2. The highest BCUT2D eigenvalue weighted by molar-refractivity contribution is 6.08. The van der Waals surface area contributed by atoms with Gasteiger partial charge in [0, 0.05) is 32.1 Å². The molecule has 7 heteroatoms.